The lowest BCUT2D eigenvalue weighted by atomic mass is 9.73. The minimum atomic E-state index is -0.847. The van der Waals surface area contributed by atoms with E-state index in [2.05, 4.69) is 26.1 Å². The van der Waals surface area contributed by atoms with Crippen molar-refractivity contribution >= 4 is 35.2 Å². The first-order chi connectivity index (χ1) is 15.3. The molecule has 0 radical (unpaired) electrons. The van der Waals surface area contributed by atoms with E-state index in [0.717, 1.165) is 37.8 Å². The summed E-state index contributed by atoms with van der Waals surface area (Å²) in [5.74, 6) is -0.478. The van der Waals surface area contributed by atoms with Gasteiger partial charge in [-0.3, -0.25) is 14.6 Å². The smallest absolute Gasteiger partial charge is 0.428 e. The minimum Gasteiger partial charge on any atom is -0.435 e. The van der Waals surface area contributed by atoms with Crippen LogP contribution >= 0.6 is 11.6 Å². The summed E-state index contributed by atoms with van der Waals surface area (Å²) in [6.45, 7) is 1.88. The highest BCUT2D eigenvalue weighted by Crippen LogP contribution is 2.43. The highest BCUT2D eigenvalue weighted by atomic mass is 35.5. The monoisotopic (exact) mass is 461 g/mol. The average Bonchev–Trinajstić information content (AvgIpc) is 3.61. The van der Waals surface area contributed by atoms with Gasteiger partial charge in [0.15, 0.2) is 5.60 Å². The van der Waals surface area contributed by atoms with Crippen LogP contribution in [0.2, 0.25) is 5.02 Å². The van der Waals surface area contributed by atoms with Gasteiger partial charge in [0.25, 0.3) is 0 Å². The molecule has 0 unspecified atom stereocenters. The summed E-state index contributed by atoms with van der Waals surface area (Å²) in [4.78, 5) is 39.8. The molecule has 0 bridgehead atoms. The molecule has 3 aliphatic rings. The summed E-state index contributed by atoms with van der Waals surface area (Å²) in [6.07, 6.45) is 6.94. The van der Waals surface area contributed by atoms with Crippen LogP contribution in [0, 0.1) is 5.92 Å². The molecule has 4 rings (SSSR count). The molecule has 1 spiro atoms. The second-order valence-electron chi connectivity index (χ2n) is 8.95. The number of hydrazone groups is 1. The number of hydrogen-bond donors (Lipinski definition) is 3. The van der Waals surface area contributed by atoms with E-state index >= 15 is 0 Å². The predicted molar refractivity (Wildman–Crippen MR) is 118 cm³/mol. The number of amides is 3. The molecule has 0 aromatic carbocycles. The van der Waals surface area contributed by atoms with Crippen LogP contribution in [0.4, 0.5) is 4.79 Å². The number of rotatable bonds is 5. The molecular weight excluding hydrogens is 434 g/mol. The fourth-order valence-electron chi connectivity index (χ4n) is 4.66. The maximum atomic E-state index is 12.0. The molecule has 9 nitrogen and oxygen atoms in total. The SMILES string of the molecule is CNC(=O)C(=O)N[C@@H](C)CC1CCC2(CC1)OC(=O)NN=C2c1cnc(C2CC2)cc1Cl. The lowest BCUT2D eigenvalue weighted by Gasteiger charge is -2.42. The van der Waals surface area contributed by atoms with Gasteiger partial charge in [-0.15, -0.1) is 0 Å². The molecule has 3 amide bonds. The first kappa shape index (κ1) is 22.5. The maximum Gasteiger partial charge on any atom is 0.428 e. The lowest BCUT2D eigenvalue weighted by molar-refractivity contribution is -0.139. The van der Waals surface area contributed by atoms with Crippen LogP contribution < -0.4 is 16.1 Å². The molecule has 0 saturated heterocycles. The Hall–Kier alpha value is -2.68. The number of nitrogens with one attached hydrogen (secondary N) is 3. The number of likely N-dealkylation sites (N-methyl/N-ethyl adjacent to an activating group) is 1. The summed E-state index contributed by atoms with van der Waals surface area (Å²) < 4.78 is 5.80. The van der Waals surface area contributed by atoms with Gasteiger partial charge < -0.3 is 15.4 Å². The summed E-state index contributed by atoms with van der Waals surface area (Å²) in [5.41, 5.74) is 3.85. The van der Waals surface area contributed by atoms with Crippen molar-refractivity contribution in [3.05, 3.63) is 28.5 Å². The van der Waals surface area contributed by atoms with Crippen LogP contribution in [-0.2, 0) is 14.3 Å². The molecule has 32 heavy (non-hydrogen) atoms. The number of nitrogens with zero attached hydrogens (tertiary/aromatic N) is 2. The van der Waals surface area contributed by atoms with E-state index in [4.69, 9.17) is 16.3 Å². The number of pyridine rings is 1. The van der Waals surface area contributed by atoms with Crippen molar-refractivity contribution in [2.75, 3.05) is 7.05 Å². The van der Waals surface area contributed by atoms with E-state index in [-0.39, 0.29) is 6.04 Å². The topological polar surface area (TPSA) is 122 Å². The van der Waals surface area contributed by atoms with Gasteiger partial charge >= 0.3 is 17.9 Å². The number of aromatic nitrogens is 1. The Kier molecular flexibility index (Phi) is 6.37. The van der Waals surface area contributed by atoms with Crippen molar-refractivity contribution in [1.82, 2.24) is 21.0 Å². The fraction of sp³-hybridized carbons (Fsp3) is 0.591. The number of halogens is 1. The summed E-state index contributed by atoms with van der Waals surface area (Å²) >= 11 is 6.59. The van der Waals surface area contributed by atoms with Gasteiger partial charge in [-0.1, -0.05) is 11.6 Å². The molecule has 2 saturated carbocycles. The van der Waals surface area contributed by atoms with Crippen LogP contribution in [0.25, 0.3) is 0 Å². The zero-order valence-corrected chi connectivity index (χ0v) is 19.0. The van der Waals surface area contributed by atoms with E-state index in [9.17, 15) is 14.4 Å². The largest absolute Gasteiger partial charge is 0.435 e. The van der Waals surface area contributed by atoms with Gasteiger partial charge in [0.1, 0.15) is 5.71 Å². The lowest BCUT2D eigenvalue weighted by Crippen LogP contribution is -2.52. The highest BCUT2D eigenvalue weighted by Gasteiger charge is 2.47. The van der Waals surface area contributed by atoms with E-state index < -0.39 is 23.5 Å². The van der Waals surface area contributed by atoms with Crippen molar-refractivity contribution in [2.45, 2.75) is 69.4 Å². The Bertz CT molecular complexity index is 954. The van der Waals surface area contributed by atoms with Crippen molar-refractivity contribution in [3.63, 3.8) is 0 Å². The molecule has 2 fully saturated rings. The normalized spacial score (nSPS) is 25.9. The Morgan fingerprint density at radius 3 is 2.62 bits per heavy atom. The summed E-state index contributed by atoms with van der Waals surface area (Å²) in [5, 5.41) is 9.93. The second-order valence-corrected chi connectivity index (χ2v) is 9.36. The Labute approximate surface area is 191 Å². The molecule has 172 valence electrons. The van der Waals surface area contributed by atoms with Crippen molar-refractivity contribution in [3.8, 4) is 0 Å². The molecule has 10 heteroatoms. The Morgan fingerprint density at radius 2 is 2.00 bits per heavy atom. The van der Waals surface area contributed by atoms with Gasteiger partial charge in [-0.2, -0.15) is 5.10 Å². The zero-order valence-electron chi connectivity index (χ0n) is 18.2. The van der Waals surface area contributed by atoms with Crippen LogP contribution in [0.3, 0.4) is 0 Å². The number of carbonyl (C=O) groups is 3. The number of ether oxygens (including phenoxy) is 1. The van der Waals surface area contributed by atoms with Crippen LogP contribution in [0.5, 0.6) is 0 Å². The van der Waals surface area contributed by atoms with Crippen molar-refractivity contribution < 1.29 is 19.1 Å². The third-order valence-electron chi connectivity index (χ3n) is 6.51. The minimum absolute atomic E-state index is 0.142. The molecule has 1 atom stereocenters. The average molecular weight is 462 g/mol. The van der Waals surface area contributed by atoms with Crippen molar-refractivity contribution in [1.29, 1.82) is 0 Å². The number of hydrogen-bond acceptors (Lipinski definition) is 6. The molecule has 2 aliphatic carbocycles. The zero-order chi connectivity index (χ0) is 22.9. The quantitative estimate of drug-likeness (QED) is 0.582. The second kappa shape index (κ2) is 9.05. The molecule has 1 aromatic rings. The van der Waals surface area contributed by atoms with Crippen molar-refractivity contribution in [2.24, 2.45) is 11.0 Å². The van der Waals surface area contributed by atoms with E-state index in [1.54, 1.807) is 6.20 Å². The maximum absolute atomic E-state index is 12.0. The van der Waals surface area contributed by atoms with E-state index in [1.807, 2.05) is 13.0 Å². The van der Waals surface area contributed by atoms with Crippen LogP contribution in [0.1, 0.15) is 69.0 Å². The molecule has 1 aromatic heterocycles. The van der Waals surface area contributed by atoms with Gasteiger partial charge in [-0.05, 0) is 63.9 Å². The summed E-state index contributed by atoms with van der Waals surface area (Å²) in [6, 6.07) is 1.75. The fourth-order valence-corrected chi connectivity index (χ4v) is 4.91. The van der Waals surface area contributed by atoms with Gasteiger partial charge in [0, 0.05) is 36.5 Å². The van der Waals surface area contributed by atoms with Crippen LogP contribution in [-0.4, -0.2) is 47.3 Å². The first-order valence-corrected chi connectivity index (χ1v) is 11.4. The Balaban J connectivity index is 1.44. The summed E-state index contributed by atoms with van der Waals surface area (Å²) in [7, 11) is 1.42. The Morgan fingerprint density at radius 1 is 1.28 bits per heavy atom. The third-order valence-corrected chi connectivity index (χ3v) is 6.83. The molecule has 2 heterocycles. The van der Waals surface area contributed by atoms with Gasteiger partial charge in [-0.25, -0.2) is 10.2 Å². The molecule has 3 N–H and O–H groups in total. The van der Waals surface area contributed by atoms with E-state index in [0.29, 0.717) is 41.0 Å². The third kappa shape index (κ3) is 4.72. The van der Waals surface area contributed by atoms with Crippen LogP contribution in [0.15, 0.2) is 17.4 Å². The predicted octanol–water partition coefficient (Wildman–Crippen LogP) is 2.63. The molecular formula is C22H28ClN5O4. The van der Waals surface area contributed by atoms with Gasteiger partial charge in [0.2, 0.25) is 0 Å². The first-order valence-electron chi connectivity index (χ1n) is 11.1. The standard InChI is InChI=1S/C22H28ClN5O4/c1-12(26-20(30)19(29)24-2)9-13-5-7-22(8-6-13)18(27-28-21(31)32-22)15-11-25-17(10-16(15)23)14-3-4-14/h10-14H,3-9H2,1-2H3,(H,24,29)(H,26,30)(H,28,31)/t12-,13?,22?/m0/s1. The van der Waals surface area contributed by atoms with E-state index in [1.165, 1.54) is 7.05 Å². The molecule has 1 aliphatic heterocycles. The highest BCUT2D eigenvalue weighted by molar-refractivity contribution is 6.35. The number of carbonyl (C=O) groups excluding carboxylic acids is 3. The van der Waals surface area contributed by atoms with Gasteiger partial charge in [0.05, 0.1) is 5.02 Å².